The SMILES string of the molecule is CC(C)(CNC1CCCNC1)c1ccc(Br)s1. The molecule has 0 aliphatic carbocycles. The molecule has 17 heavy (non-hydrogen) atoms. The average Bonchev–Trinajstić information content (AvgIpc) is 2.76. The van der Waals surface area contributed by atoms with Crippen LogP contribution in [0.1, 0.15) is 31.6 Å². The molecule has 0 aromatic carbocycles. The maximum atomic E-state index is 3.70. The summed E-state index contributed by atoms with van der Waals surface area (Å²) in [6.07, 6.45) is 2.60. The highest BCUT2D eigenvalue weighted by molar-refractivity contribution is 9.11. The van der Waals surface area contributed by atoms with Crippen LogP contribution in [0.15, 0.2) is 15.9 Å². The number of hydrogen-bond donors (Lipinski definition) is 2. The second-order valence-corrected chi connectivity index (χ2v) is 7.87. The van der Waals surface area contributed by atoms with Gasteiger partial charge in [-0.15, -0.1) is 11.3 Å². The Morgan fingerprint density at radius 3 is 2.94 bits per heavy atom. The molecule has 0 saturated carbocycles. The fourth-order valence-corrected chi connectivity index (χ4v) is 3.68. The minimum Gasteiger partial charge on any atom is -0.315 e. The maximum Gasteiger partial charge on any atom is 0.0701 e. The van der Waals surface area contributed by atoms with Gasteiger partial charge < -0.3 is 10.6 Å². The van der Waals surface area contributed by atoms with Gasteiger partial charge in [0, 0.05) is 29.4 Å². The second kappa shape index (κ2) is 5.83. The molecule has 0 bridgehead atoms. The molecule has 4 heteroatoms. The van der Waals surface area contributed by atoms with Crippen molar-refractivity contribution >= 4 is 27.3 Å². The highest BCUT2D eigenvalue weighted by Crippen LogP contribution is 2.32. The van der Waals surface area contributed by atoms with Crippen molar-refractivity contribution in [2.24, 2.45) is 0 Å². The summed E-state index contributed by atoms with van der Waals surface area (Å²) < 4.78 is 1.22. The maximum absolute atomic E-state index is 3.70. The quantitative estimate of drug-likeness (QED) is 0.891. The van der Waals surface area contributed by atoms with Crippen molar-refractivity contribution in [2.75, 3.05) is 19.6 Å². The van der Waals surface area contributed by atoms with Gasteiger partial charge in [-0.3, -0.25) is 0 Å². The lowest BCUT2D eigenvalue weighted by Crippen LogP contribution is -2.46. The van der Waals surface area contributed by atoms with Crippen LogP contribution in [-0.2, 0) is 5.41 Å². The first kappa shape index (κ1) is 13.5. The standard InChI is InChI=1S/C13H21BrN2S/c1-13(2,11-5-6-12(14)17-11)9-16-10-4-3-7-15-8-10/h5-6,10,15-16H,3-4,7-9H2,1-2H3. The monoisotopic (exact) mass is 316 g/mol. The van der Waals surface area contributed by atoms with Crippen molar-refractivity contribution in [1.82, 2.24) is 10.6 Å². The fourth-order valence-electron chi connectivity index (χ4n) is 2.19. The molecule has 2 N–H and O–H groups in total. The zero-order valence-corrected chi connectivity index (χ0v) is 13.0. The Labute approximate surface area is 116 Å². The van der Waals surface area contributed by atoms with E-state index in [4.69, 9.17) is 0 Å². The second-order valence-electron chi connectivity index (χ2n) is 5.41. The van der Waals surface area contributed by atoms with E-state index in [0.717, 1.165) is 13.1 Å². The molecule has 2 heterocycles. The third-order valence-electron chi connectivity index (χ3n) is 3.37. The van der Waals surface area contributed by atoms with E-state index < -0.39 is 0 Å². The Morgan fingerprint density at radius 1 is 1.53 bits per heavy atom. The van der Waals surface area contributed by atoms with E-state index in [0.29, 0.717) is 6.04 Å². The Bertz CT molecular complexity index is 356. The van der Waals surface area contributed by atoms with Crippen LogP contribution >= 0.6 is 27.3 Å². The van der Waals surface area contributed by atoms with Crippen molar-refractivity contribution < 1.29 is 0 Å². The van der Waals surface area contributed by atoms with Crippen molar-refractivity contribution in [3.8, 4) is 0 Å². The van der Waals surface area contributed by atoms with E-state index in [2.05, 4.69) is 52.5 Å². The topological polar surface area (TPSA) is 24.1 Å². The van der Waals surface area contributed by atoms with Crippen molar-refractivity contribution in [3.05, 3.63) is 20.8 Å². The first-order valence-electron chi connectivity index (χ1n) is 6.28. The first-order valence-corrected chi connectivity index (χ1v) is 7.89. The molecular formula is C13H21BrN2S. The van der Waals surface area contributed by atoms with E-state index >= 15 is 0 Å². The van der Waals surface area contributed by atoms with Gasteiger partial charge in [-0.05, 0) is 47.4 Å². The van der Waals surface area contributed by atoms with Gasteiger partial charge in [0.05, 0.1) is 3.79 Å². The van der Waals surface area contributed by atoms with E-state index in [9.17, 15) is 0 Å². The lowest BCUT2D eigenvalue weighted by molar-refractivity contribution is 0.356. The van der Waals surface area contributed by atoms with Gasteiger partial charge in [0.2, 0.25) is 0 Å². The largest absolute Gasteiger partial charge is 0.315 e. The lowest BCUT2D eigenvalue weighted by atomic mass is 9.91. The Balaban J connectivity index is 1.88. The summed E-state index contributed by atoms with van der Waals surface area (Å²) in [5, 5.41) is 7.15. The number of hydrogen-bond acceptors (Lipinski definition) is 3. The van der Waals surface area contributed by atoms with Gasteiger partial charge in [-0.1, -0.05) is 13.8 Å². The van der Waals surface area contributed by atoms with Gasteiger partial charge in [0.25, 0.3) is 0 Å². The molecule has 1 aromatic rings. The van der Waals surface area contributed by atoms with E-state index in [1.807, 2.05) is 11.3 Å². The summed E-state index contributed by atoms with van der Waals surface area (Å²) in [6, 6.07) is 5.02. The minimum absolute atomic E-state index is 0.216. The smallest absolute Gasteiger partial charge is 0.0701 e. The number of halogens is 1. The van der Waals surface area contributed by atoms with E-state index in [-0.39, 0.29) is 5.41 Å². The molecule has 1 unspecified atom stereocenters. The highest BCUT2D eigenvalue weighted by Gasteiger charge is 2.24. The van der Waals surface area contributed by atoms with Crippen LogP contribution in [0.25, 0.3) is 0 Å². The predicted molar refractivity (Wildman–Crippen MR) is 78.9 cm³/mol. The van der Waals surface area contributed by atoms with E-state index in [1.165, 1.54) is 28.0 Å². The molecule has 1 aromatic heterocycles. The molecule has 1 saturated heterocycles. The highest BCUT2D eigenvalue weighted by atomic mass is 79.9. The molecule has 96 valence electrons. The molecule has 1 aliphatic heterocycles. The minimum atomic E-state index is 0.216. The van der Waals surface area contributed by atoms with Crippen molar-refractivity contribution in [2.45, 2.75) is 38.1 Å². The summed E-state index contributed by atoms with van der Waals surface area (Å²) in [7, 11) is 0. The van der Waals surface area contributed by atoms with E-state index in [1.54, 1.807) is 0 Å². The molecule has 1 aliphatic rings. The van der Waals surface area contributed by atoms with Crippen molar-refractivity contribution in [1.29, 1.82) is 0 Å². The van der Waals surface area contributed by atoms with Crippen LogP contribution in [0.3, 0.4) is 0 Å². The van der Waals surface area contributed by atoms with Crippen LogP contribution in [0.2, 0.25) is 0 Å². The van der Waals surface area contributed by atoms with Gasteiger partial charge in [0.15, 0.2) is 0 Å². The number of piperidine rings is 1. The Hall–Kier alpha value is 0.1000. The predicted octanol–water partition coefficient (Wildman–Crippen LogP) is 3.13. The molecule has 0 spiro atoms. The summed E-state index contributed by atoms with van der Waals surface area (Å²) in [5.41, 5.74) is 0.216. The lowest BCUT2D eigenvalue weighted by Gasteiger charge is -2.30. The summed E-state index contributed by atoms with van der Waals surface area (Å²) in [5.74, 6) is 0. The molecule has 0 radical (unpaired) electrons. The average molecular weight is 317 g/mol. The van der Waals surface area contributed by atoms with Crippen molar-refractivity contribution in [3.63, 3.8) is 0 Å². The van der Waals surface area contributed by atoms with Crippen LogP contribution in [0.4, 0.5) is 0 Å². The molecular weight excluding hydrogens is 296 g/mol. The van der Waals surface area contributed by atoms with Crippen LogP contribution < -0.4 is 10.6 Å². The summed E-state index contributed by atoms with van der Waals surface area (Å²) in [4.78, 5) is 1.45. The fraction of sp³-hybridized carbons (Fsp3) is 0.692. The van der Waals surface area contributed by atoms with Gasteiger partial charge in [0.1, 0.15) is 0 Å². The van der Waals surface area contributed by atoms with Crippen LogP contribution in [0, 0.1) is 0 Å². The summed E-state index contributed by atoms with van der Waals surface area (Å²) >= 11 is 5.38. The van der Waals surface area contributed by atoms with Gasteiger partial charge >= 0.3 is 0 Å². The molecule has 2 nitrogen and oxygen atoms in total. The molecule has 2 rings (SSSR count). The van der Waals surface area contributed by atoms with Gasteiger partial charge in [-0.25, -0.2) is 0 Å². The number of nitrogens with one attached hydrogen (secondary N) is 2. The number of rotatable bonds is 4. The van der Waals surface area contributed by atoms with Crippen LogP contribution in [-0.4, -0.2) is 25.7 Å². The zero-order valence-electron chi connectivity index (χ0n) is 10.6. The molecule has 1 fully saturated rings. The first-order chi connectivity index (χ1) is 8.08. The Morgan fingerprint density at radius 2 is 2.35 bits per heavy atom. The van der Waals surface area contributed by atoms with Crippen LogP contribution in [0.5, 0.6) is 0 Å². The molecule has 0 amide bonds. The Kier molecular flexibility index (Phi) is 4.64. The number of thiophene rings is 1. The molecule has 1 atom stereocenters. The third-order valence-corrected chi connectivity index (χ3v) is 5.36. The third kappa shape index (κ3) is 3.78. The summed E-state index contributed by atoms with van der Waals surface area (Å²) in [6.45, 7) is 7.97. The van der Waals surface area contributed by atoms with Gasteiger partial charge in [-0.2, -0.15) is 0 Å². The normalized spacial score (nSPS) is 21.7. The zero-order chi connectivity index (χ0) is 12.3.